The van der Waals surface area contributed by atoms with Crippen LogP contribution in [0.4, 0.5) is 10.1 Å². The molecule has 2 aliphatic rings. The van der Waals surface area contributed by atoms with Crippen LogP contribution in [0.15, 0.2) is 91.3 Å². The van der Waals surface area contributed by atoms with Gasteiger partial charge in [-0.25, -0.2) is 9.18 Å². The molecule has 1 fully saturated rings. The van der Waals surface area contributed by atoms with E-state index in [4.69, 9.17) is 11.6 Å². The molecule has 1 saturated heterocycles. The van der Waals surface area contributed by atoms with Crippen LogP contribution in [0, 0.1) is 5.82 Å². The number of ketones is 1. The number of aromatic carboxylic acids is 1. The van der Waals surface area contributed by atoms with E-state index < -0.39 is 23.7 Å². The molecule has 0 radical (unpaired) electrons. The van der Waals surface area contributed by atoms with Gasteiger partial charge in [-0.1, -0.05) is 54.1 Å². The summed E-state index contributed by atoms with van der Waals surface area (Å²) in [6.07, 6.45) is 6.70. The quantitative estimate of drug-likeness (QED) is 0.177. The van der Waals surface area contributed by atoms with Gasteiger partial charge in [0.05, 0.1) is 16.3 Å². The minimum absolute atomic E-state index is 0.0108. The summed E-state index contributed by atoms with van der Waals surface area (Å²) < 4.78 is 16.6. The number of hydrogen-bond acceptors (Lipinski definition) is 7. The van der Waals surface area contributed by atoms with Crippen molar-refractivity contribution in [3.63, 3.8) is 0 Å². The van der Waals surface area contributed by atoms with Gasteiger partial charge in [-0.05, 0) is 100.0 Å². The minimum Gasteiger partial charge on any atom is -0.478 e. The summed E-state index contributed by atoms with van der Waals surface area (Å²) >= 11 is 6.10. The number of carboxylic acids is 1. The summed E-state index contributed by atoms with van der Waals surface area (Å²) in [6.45, 7) is 2.33. The van der Waals surface area contributed by atoms with Crippen LogP contribution in [0.25, 0.3) is 22.9 Å². The van der Waals surface area contributed by atoms with Gasteiger partial charge in [0.2, 0.25) is 5.91 Å². The molecule has 0 bridgehead atoms. The lowest BCUT2D eigenvalue weighted by atomic mass is 9.83. The number of Topliss-reactive ketones (excluding diaryl/α,β-unsaturated/α-hetero) is 1. The number of amides is 1. The van der Waals surface area contributed by atoms with Gasteiger partial charge in [0, 0.05) is 43.4 Å². The summed E-state index contributed by atoms with van der Waals surface area (Å²) in [7, 11) is 0. The van der Waals surface area contributed by atoms with E-state index in [9.17, 15) is 19.5 Å². The van der Waals surface area contributed by atoms with Gasteiger partial charge in [0.25, 0.3) is 0 Å². The van der Waals surface area contributed by atoms with Crippen molar-refractivity contribution in [1.82, 2.24) is 25.1 Å². The Morgan fingerprint density at radius 1 is 0.940 bits per heavy atom. The number of hydrogen-bond donors (Lipinski definition) is 1. The number of tetrazole rings is 1. The van der Waals surface area contributed by atoms with Crippen LogP contribution in [-0.2, 0) is 22.4 Å². The number of rotatable bonds is 9. The first kappa shape index (κ1) is 32.8. The standard InChI is InChI=1S/C38H32ClFN6O4/c39-32-15-16-33(46-23-41-42-43-46)31(36(32)40)14-17-35(48)45-21-18-29-28(25-10-12-27(13-11-25)44-19-1-2-20-44)4-3-5-30(29)37(45)34(47)22-24-6-8-26(9-7-24)38(49)50/h3-17,23,37H,1-2,18-22H2,(H,49,50)/b17-14+. The van der Waals surface area contributed by atoms with Crippen LogP contribution in [0.1, 0.15) is 51.5 Å². The second kappa shape index (κ2) is 14.0. The Morgan fingerprint density at radius 2 is 1.70 bits per heavy atom. The first-order valence-electron chi connectivity index (χ1n) is 16.3. The van der Waals surface area contributed by atoms with E-state index in [2.05, 4.69) is 44.7 Å². The van der Waals surface area contributed by atoms with Crippen LogP contribution in [0.5, 0.6) is 0 Å². The first-order chi connectivity index (χ1) is 24.3. The maximum atomic E-state index is 15.3. The van der Waals surface area contributed by atoms with Crippen molar-refractivity contribution in [2.75, 3.05) is 24.5 Å². The van der Waals surface area contributed by atoms with Crippen LogP contribution < -0.4 is 4.90 Å². The van der Waals surface area contributed by atoms with E-state index in [0.717, 1.165) is 35.3 Å². The largest absolute Gasteiger partial charge is 0.478 e. The number of nitrogens with zero attached hydrogens (tertiary/aromatic N) is 6. The van der Waals surface area contributed by atoms with Gasteiger partial charge in [-0.3, -0.25) is 9.59 Å². The van der Waals surface area contributed by atoms with Gasteiger partial charge in [-0.2, -0.15) is 4.68 Å². The lowest BCUT2D eigenvalue weighted by molar-refractivity contribution is -0.136. The molecular weight excluding hydrogens is 659 g/mol. The van der Waals surface area contributed by atoms with E-state index in [1.807, 2.05) is 18.2 Å². The Bertz CT molecular complexity index is 2100. The lowest BCUT2D eigenvalue weighted by Gasteiger charge is -2.37. The van der Waals surface area contributed by atoms with Gasteiger partial charge < -0.3 is 14.9 Å². The summed E-state index contributed by atoms with van der Waals surface area (Å²) in [5.74, 6) is -2.53. The fraction of sp³-hybridized carbons (Fsp3) is 0.211. The zero-order chi connectivity index (χ0) is 34.8. The predicted octanol–water partition coefficient (Wildman–Crippen LogP) is 6.37. The highest BCUT2D eigenvalue weighted by molar-refractivity contribution is 6.31. The molecule has 50 heavy (non-hydrogen) atoms. The molecule has 3 heterocycles. The predicted molar refractivity (Wildman–Crippen MR) is 187 cm³/mol. The van der Waals surface area contributed by atoms with Gasteiger partial charge >= 0.3 is 5.97 Å². The molecule has 0 saturated carbocycles. The topological polar surface area (TPSA) is 122 Å². The second-order valence-electron chi connectivity index (χ2n) is 12.3. The number of carbonyl (C=O) groups excluding carboxylic acids is 2. The molecule has 7 rings (SSSR count). The average Bonchev–Trinajstić information content (AvgIpc) is 3.88. The molecule has 4 aromatic carbocycles. The Balaban J connectivity index is 1.24. The summed E-state index contributed by atoms with van der Waals surface area (Å²) in [5.41, 5.74) is 5.92. The number of halogens is 2. The fourth-order valence-corrected chi connectivity index (χ4v) is 7.02. The van der Waals surface area contributed by atoms with Crippen molar-refractivity contribution in [2.24, 2.45) is 0 Å². The Labute approximate surface area is 292 Å². The maximum absolute atomic E-state index is 15.3. The van der Waals surface area contributed by atoms with E-state index in [1.165, 1.54) is 64.8 Å². The second-order valence-corrected chi connectivity index (χ2v) is 12.7. The van der Waals surface area contributed by atoms with Crippen molar-refractivity contribution in [2.45, 2.75) is 31.7 Å². The minimum atomic E-state index is -1.06. The molecule has 1 N–H and O–H groups in total. The number of carboxylic acid groups (broad SMARTS) is 1. The molecule has 5 aromatic rings. The number of anilines is 1. The highest BCUT2D eigenvalue weighted by Crippen LogP contribution is 2.38. The van der Waals surface area contributed by atoms with Crippen molar-refractivity contribution < 1.29 is 23.9 Å². The lowest BCUT2D eigenvalue weighted by Crippen LogP contribution is -2.43. The third-order valence-corrected chi connectivity index (χ3v) is 9.63. The highest BCUT2D eigenvalue weighted by Gasteiger charge is 2.36. The highest BCUT2D eigenvalue weighted by atomic mass is 35.5. The number of fused-ring (bicyclic) bond motifs is 1. The van der Waals surface area contributed by atoms with Crippen molar-refractivity contribution >= 4 is 41.0 Å². The smallest absolute Gasteiger partial charge is 0.335 e. The number of benzene rings is 4. The van der Waals surface area contributed by atoms with Crippen LogP contribution >= 0.6 is 11.6 Å². The van der Waals surface area contributed by atoms with Gasteiger partial charge in [0.1, 0.15) is 12.4 Å². The van der Waals surface area contributed by atoms with Crippen LogP contribution in [-0.4, -0.2) is 67.5 Å². The zero-order valence-electron chi connectivity index (χ0n) is 26.9. The van der Waals surface area contributed by atoms with Crippen LogP contribution in [0.2, 0.25) is 5.02 Å². The Kier molecular flexibility index (Phi) is 9.23. The van der Waals surface area contributed by atoms with E-state index in [1.54, 1.807) is 18.2 Å². The molecule has 252 valence electrons. The molecule has 12 heteroatoms. The van der Waals surface area contributed by atoms with E-state index in [-0.39, 0.29) is 40.6 Å². The fourth-order valence-electron chi connectivity index (χ4n) is 6.85. The molecule has 2 aliphatic heterocycles. The Hall–Kier alpha value is -5.68. The average molecular weight is 691 g/mol. The molecule has 1 atom stereocenters. The van der Waals surface area contributed by atoms with Crippen molar-refractivity contribution in [1.29, 1.82) is 0 Å². The van der Waals surface area contributed by atoms with Gasteiger partial charge in [-0.15, -0.1) is 5.10 Å². The molecule has 1 aromatic heterocycles. The van der Waals surface area contributed by atoms with Crippen molar-refractivity contribution in [3.05, 3.63) is 130 Å². The first-order valence-corrected chi connectivity index (χ1v) is 16.7. The number of carbonyl (C=O) groups is 3. The third kappa shape index (κ3) is 6.51. The molecule has 1 unspecified atom stereocenters. The van der Waals surface area contributed by atoms with E-state index >= 15 is 4.39 Å². The summed E-state index contributed by atoms with van der Waals surface area (Å²) in [4.78, 5) is 43.5. The molecule has 1 amide bonds. The van der Waals surface area contributed by atoms with Crippen molar-refractivity contribution in [3.8, 4) is 16.8 Å². The zero-order valence-corrected chi connectivity index (χ0v) is 27.6. The maximum Gasteiger partial charge on any atom is 0.335 e. The summed E-state index contributed by atoms with van der Waals surface area (Å²) in [5, 5.41) is 20.3. The van der Waals surface area contributed by atoms with Gasteiger partial charge in [0.15, 0.2) is 11.6 Å². The summed E-state index contributed by atoms with van der Waals surface area (Å²) in [6, 6.07) is 22.4. The molecule has 0 spiro atoms. The normalized spacial score (nSPS) is 15.8. The SMILES string of the molecule is O=C(O)c1ccc(CC(=O)C2c3cccc(-c4ccc(N5CCCC5)cc4)c3CCN2C(=O)/C=C/c2c(-n3cnnn3)ccc(Cl)c2F)cc1. The monoisotopic (exact) mass is 690 g/mol. The third-order valence-electron chi connectivity index (χ3n) is 9.34. The Morgan fingerprint density at radius 3 is 2.40 bits per heavy atom. The number of aromatic nitrogens is 4. The van der Waals surface area contributed by atoms with Crippen LogP contribution in [0.3, 0.4) is 0 Å². The molecule has 0 aliphatic carbocycles. The van der Waals surface area contributed by atoms with E-state index in [0.29, 0.717) is 12.0 Å². The molecular formula is C38H32ClFN6O4. The molecule has 10 nitrogen and oxygen atoms in total.